The highest BCUT2D eigenvalue weighted by atomic mass is 16.5. The Hall–Kier alpha value is -2.41. The zero-order chi connectivity index (χ0) is 19.5. The fraction of sp³-hybridized carbons (Fsp3) is 0.526. The van der Waals surface area contributed by atoms with E-state index in [1.54, 1.807) is 25.3 Å². The predicted molar refractivity (Wildman–Crippen MR) is 99.4 cm³/mol. The molecule has 0 bridgehead atoms. The van der Waals surface area contributed by atoms with Crippen molar-refractivity contribution in [2.75, 3.05) is 20.2 Å². The van der Waals surface area contributed by atoms with Crippen molar-refractivity contribution in [1.29, 1.82) is 0 Å². The molecule has 3 amide bonds. The molecule has 144 valence electrons. The van der Waals surface area contributed by atoms with E-state index in [9.17, 15) is 14.4 Å². The number of nitrogens with zero attached hydrogens (tertiary/aromatic N) is 1. The van der Waals surface area contributed by atoms with Crippen molar-refractivity contribution in [1.82, 2.24) is 10.2 Å². The number of nitrogens with two attached hydrogens (primary N) is 1. The highest BCUT2D eigenvalue weighted by Crippen LogP contribution is 2.14. The molecule has 0 radical (unpaired) electrons. The maximum Gasteiger partial charge on any atom is 0.254 e. The van der Waals surface area contributed by atoms with Gasteiger partial charge in [-0.25, -0.2) is 0 Å². The maximum atomic E-state index is 13.0. The zero-order valence-electron chi connectivity index (χ0n) is 15.8. The van der Waals surface area contributed by atoms with Crippen LogP contribution in [0, 0.1) is 0 Å². The fourth-order valence-electron chi connectivity index (χ4n) is 2.64. The van der Waals surface area contributed by atoms with Gasteiger partial charge in [-0.3, -0.25) is 14.4 Å². The number of benzene rings is 1. The standard InChI is InChI=1S/C19H29N3O4/c1-4-9-21-17(23)12-16(18(20)24)22(10-5-2)19(25)15-8-6-7-14(11-15)13-26-3/h6-8,11,16H,4-5,9-10,12-13H2,1-3H3,(H2,20,24)(H,21,23)/t16-/m0/s1. The van der Waals surface area contributed by atoms with Crippen LogP contribution in [0.3, 0.4) is 0 Å². The number of hydrogen-bond donors (Lipinski definition) is 2. The lowest BCUT2D eigenvalue weighted by Gasteiger charge is -2.29. The molecule has 7 nitrogen and oxygen atoms in total. The van der Waals surface area contributed by atoms with Crippen LogP contribution < -0.4 is 11.1 Å². The van der Waals surface area contributed by atoms with Crippen LogP contribution in [0.2, 0.25) is 0 Å². The summed E-state index contributed by atoms with van der Waals surface area (Å²) < 4.78 is 5.09. The van der Waals surface area contributed by atoms with Crippen molar-refractivity contribution in [3.8, 4) is 0 Å². The summed E-state index contributed by atoms with van der Waals surface area (Å²) in [7, 11) is 1.58. The second kappa shape index (κ2) is 11.3. The van der Waals surface area contributed by atoms with E-state index in [0.717, 1.165) is 12.0 Å². The van der Waals surface area contributed by atoms with Crippen LogP contribution >= 0.6 is 0 Å². The molecule has 0 saturated heterocycles. The third-order valence-corrected chi connectivity index (χ3v) is 3.87. The Balaban J connectivity index is 3.05. The summed E-state index contributed by atoms with van der Waals surface area (Å²) in [6.45, 7) is 5.07. The lowest BCUT2D eigenvalue weighted by molar-refractivity contribution is -0.129. The Labute approximate surface area is 154 Å². The normalized spacial score (nSPS) is 11.7. The van der Waals surface area contributed by atoms with Crippen molar-refractivity contribution in [3.05, 3.63) is 35.4 Å². The number of carbonyl (C=O) groups is 3. The molecule has 0 aliphatic heterocycles. The molecule has 0 aliphatic rings. The molecule has 1 aromatic carbocycles. The molecule has 1 rings (SSSR count). The van der Waals surface area contributed by atoms with Crippen LogP contribution in [0.25, 0.3) is 0 Å². The minimum absolute atomic E-state index is 0.140. The zero-order valence-corrected chi connectivity index (χ0v) is 15.8. The molecule has 3 N–H and O–H groups in total. The first-order chi connectivity index (χ1) is 12.4. The minimum Gasteiger partial charge on any atom is -0.380 e. The van der Waals surface area contributed by atoms with E-state index in [-0.39, 0.29) is 18.2 Å². The molecule has 0 aromatic heterocycles. The van der Waals surface area contributed by atoms with Crippen LogP contribution in [0.4, 0.5) is 0 Å². The summed E-state index contributed by atoms with van der Waals surface area (Å²) in [5.41, 5.74) is 6.80. The van der Waals surface area contributed by atoms with Gasteiger partial charge in [0, 0.05) is 25.8 Å². The van der Waals surface area contributed by atoms with Gasteiger partial charge in [0.15, 0.2) is 0 Å². The smallest absolute Gasteiger partial charge is 0.254 e. The first kappa shape index (κ1) is 21.6. The predicted octanol–water partition coefficient (Wildman–Crippen LogP) is 1.46. The van der Waals surface area contributed by atoms with Crippen LogP contribution in [0.5, 0.6) is 0 Å². The van der Waals surface area contributed by atoms with Gasteiger partial charge < -0.3 is 20.7 Å². The van der Waals surface area contributed by atoms with E-state index in [1.165, 1.54) is 4.90 Å². The summed E-state index contributed by atoms with van der Waals surface area (Å²) in [6, 6.07) is 6.04. The van der Waals surface area contributed by atoms with Crippen molar-refractivity contribution in [2.24, 2.45) is 5.73 Å². The highest BCUT2D eigenvalue weighted by molar-refractivity contribution is 5.98. The number of amides is 3. The first-order valence-corrected chi connectivity index (χ1v) is 8.89. The number of methoxy groups -OCH3 is 1. The molecular formula is C19H29N3O4. The largest absolute Gasteiger partial charge is 0.380 e. The molecule has 26 heavy (non-hydrogen) atoms. The van der Waals surface area contributed by atoms with Gasteiger partial charge in [0.1, 0.15) is 6.04 Å². The number of rotatable bonds is 11. The van der Waals surface area contributed by atoms with Crippen molar-refractivity contribution in [3.63, 3.8) is 0 Å². The molecule has 0 unspecified atom stereocenters. The van der Waals surface area contributed by atoms with Gasteiger partial charge in [-0.2, -0.15) is 0 Å². The third kappa shape index (κ3) is 6.48. The average molecular weight is 363 g/mol. The topological polar surface area (TPSA) is 102 Å². The van der Waals surface area contributed by atoms with Gasteiger partial charge in [0.25, 0.3) is 5.91 Å². The fourth-order valence-corrected chi connectivity index (χ4v) is 2.64. The molecule has 1 aromatic rings. The summed E-state index contributed by atoms with van der Waals surface area (Å²) in [5, 5.41) is 2.72. The first-order valence-electron chi connectivity index (χ1n) is 8.89. The van der Waals surface area contributed by atoms with Crippen molar-refractivity contribution < 1.29 is 19.1 Å². The number of nitrogens with one attached hydrogen (secondary N) is 1. The van der Waals surface area contributed by atoms with Crippen LogP contribution in [0.15, 0.2) is 24.3 Å². The molecule has 0 fully saturated rings. The Morgan fingerprint density at radius 1 is 1.23 bits per heavy atom. The van der Waals surface area contributed by atoms with Crippen LogP contribution in [0.1, 0.15) is 49.0 Å². The van der Waals surface area contributed by atoms with Gasteiger partial charge >= 0.3 is 0 Å². The lowest BCUT2D eigenvalue weighted by Crippen LogP contribution is -2.50. The van der Waals surface area contributed by atoms with E-state index in [0.29, 0.717) is 31.7 Å². The minimum atomic E-state index is -0.981. The average Bonchev–Trinajstić information content (AvgIpc) is 2.62. The monoisotopic (exact) mass is 363 g/mol. The number of carbonyl (C=O) groups excluding carboxylic acids is 3. The molecule has 7 heteroatoms. The molecule has 1 atom stereocenters. The molecular weight excluding hydrogens is 334 g/mol. The van der Waals surface area contributed by atoms with Crippen LogP contribution in [-0.2, 0) is 20.9 Å². The van der Waals surface area contributed by atoms with E-state index in [4.69, 9.17) is 10.5 Å². The maximum absolute atomic E-state index is 13.0. The molecule has 0 heterocycles. The summed E-state index contributed by atoms with van der Waals surface area (Å²) in [4.78, 5) is 38.4. The number of primary amides is 1. The second-order valence-corrected chi connectivity index (χ2v) is 6.10. The van der Waals surface area contributed by atoms with Gasteiger partial charge in [-0.05, 0) is 30.5 Å². The Bertz CT molecular complexity index is 619. The van der Waals surface area contributed by atoms with E-state index in [1.807, 2.05) is 19.9 Å². The van der Waals surface area contributed by atoms with Crippen LogP contribution in [-0.4, -0.2) is 48.9 Å². The molecule has 0 spiro atoms. The quantitative estimate of drug-likeness (QED) is 0.621. The van der Waals surface area contributed by atoms with Gasteiger partial charge in [-0.15, -0.1) is 0 Å². The van der Waals surface area contributed by atoms with Gasteiger partial charge in [0.2, 0.25) is 11.8 Å². The second-order valence-electron chi connectivity index (χ2n) is 6.10. The Morgan fingerprint density at radius 2 is 1.96 bits per heavy atom. The number of ether oxygens (including phenoxy) is 1. The van der Waals surface area contributed by atoms with E-state index >= 15 is 0 Å². The SMILES string of the molecule is CCCNC(=O)C[C@@H](C(N)=O)N(CCC)C(=O)c1cccc(COC)c1. The Kier molecular flexibility index (Phi) is 9.36. The van der Waals surface area contributed by atoms with E-state index < -0.39 is 11.9 Å². The molecule has 0 saturated carbocycles. The molecule has 0 aliphatic carbocycles. The van der Waals surface area contributed by atoms with Gasteiger partial charge in [0.05, 0.1) is 13.0 Å². The van der Waals surface area contributed by atoms with E-state index in [2.05, 4.69) is 5.32 Å². The lowest BCUT2D eigenvalue weighted by atomic mass is 10.1. The third-order valence-electron chi connectivity index (χ3n) is 3.87. The Morgan fingerprint density at radius 3 is 2.54 bits per heavy atom. The number of hydrogen-bond acceptors (Lipinski definition) is 4. The van der Waals surface area contributed by atoms with Gasteiger partial charge in [-0.1, -0.05) is 26.0 Å². The summed E-state index contributed by atoms with van der Waals surface area (Å²) >= 11 is 0. The van der Waals surface area contributed by atoms with Crippen molar-refractivity contribution in [2.45, 2.75) is 45.8 Å². The summed E-state index contributed by atoms with van der Waals surface area (Å²) in [5.74, 6) is -1.30. The van der Waals surface area contributed by atoms with Crippen molar-refractivity contribution >= 4 is 17.7 Å². The highest BCUT2D eigenvalue weighted by Gasteiger charge is 2.30. The summed E-state index contributed by atoms with van der Waals surface area (Å²) in [6.07, 6.45) is 1.29.